The van der Waals surface area contributed by atoms with Crippen LogP contribution in [0.25, 0.3) is 6.08 Å². The van der Waals surface area contributed by atoms with E-state index in [1.807, 2.05) is 24.3 Å². The van der Waals surface area contributed by atoms with Gasteiger partial charge in [0, 0.05) is 6.08 Å². The Kier molecular flexibility index (Phi) is 5.50. The zero-order valence-electron chi connectivity index (χ0n) is 14.1. The van der Waals surface area contributed by atoms with Crippen LogP contribution < -0.4 is 0 Å². The third-order valence-electron chi connectivity index (χ3n) is 6.18. The van der Waals surface area contributed by atoms with Crippen molar-refractivity contribution >= 4 is 6.08 Å². The van der Waals surface area contributed by atoms with Crippen molar-refractivity contribution in [3.8, 4) is 0 Å². The fourth-order valence-corrected chi connectivity index (χ4v) is 4.67. The first-order valence-electron chi connectivity index (χ1n) is 9.24. The Morgan fingerprint density at radius 2 is 1.35 bits per heavy atom. The second kappa shape index (κ2) is 7.59. The van der Waals surface area contributed by atoms with E-state index in [-0.39, 0.29) is 0 Å². The maximum atomic E-state index is 12.3. The first-order valence-corrected chi connectivity index (χ1v) is 9.24. The molecule has 0 bridgehead atoms. The summed E-state index contributed by atoms with van der Waals surface area (Å²) in [6.45, 7) is 2.39. The summed E-state index contributed by atoms with van der Waals surface area (Å²) in [6.07, 6.45) is 10.3. The van der Waals surface area contributed by atoms with Crippen LogP contribution in [0, 0.1) is 17.8 Å². The average Bonchev–Trinajstić information content (AvgIpc) is 2.56. The molecule has 1 aromatic carbocycles. The molecule has 0 heterocycles. The van der Waals surface area contributed by atoms with Crippen LogP contribution in [0.1, 0.15) is 75.3 Å². The lowest BCUT2D eigenvalue weighted by Crippen LogP contribution is -2.24. The molecule has 0 unspecified atom stereocenters. The zero-order chi connectivity index (χ0) is 16.2. The van der Waals surface area contributed by atoms with Crippen molar-refractivity contribution in [2.45, 2.75) is 64.2 Å². The maximum Gasteiger partial charge on any atom is 0.270 e. The molecule has 0 nitrogen and oxygen atoms in total. The molecular formula is C21H28F2. The lowest BCUT2D eigenvalue weighted by molar-refractivity contribution is 0.165. The van der Waals surface area contributed by atoms with E-state index >= 15 is 0 Å². The van der Waals surface area contributed by atoms with E-state index in [2.05, 4.69) is 6.92 Å². The molecule has 3 rings (SSSR count). The topological polar surface area (TPSA) is 0 Å². The third-order valence-corrected chi connectivity index (χ3v) is 6.18. The monoisotopic (exact) mass is 318 g/mol. The molecule has 126 valence electrons. The van der Waals surface area contributed by atoms with Crippen molar-refractivity contribution in [3.05, 3.63) is 41.5 Å². The Morgan fingerprint density at radius 3 is 1.87 bits per heavy atom. The highest BCUT2D eigenvalue weighted by molar-refractivity contribution is 5.50. The van der Waals surface area contributed by atoms with E-state index in [1.165, 1.54) is 56.9 Å². The van der Waals surface area contributed by atoms with Gasteiger partial charge in [0.25, 0.3) is 6.08 Å². The van der Waals surface area contributed by atoms with Gasteiger partial charge >= 0.3 is 0 Å². The predicted molar refractivity (Wildman–Crippen MR) is 92.5 cm³/mol. The zero-order valence-corrected chi connectivity index (χ0v) is 14.1. The molecule has 2 saturated carbocycles. The van der Waals surface area contributed by atoms with Gasteiger partial charge in [-0.2, -0.15) is 8.78 Å². The highest BCUT2D eigenvalue weighted by Gasteiger charge is 2.30. The molecule has 0 aromatic heterocycles. The largest absolute Gasteiger partial charge is 0.270 e. The summed E-state index contributed by atoms with van der Waals surface area (Å²) < 4.78 is 24.6. The van der Waals surface area contributed by atoms with Crippen LogP contribution in [-0.2, 0) is 0 Å². The maximum absolute atomic E-state index is 12.3. The second-order valence-electron chi connectivity index (χ2n) is 7.73. The molecule has 0 amide bonds. The molecule has 0 radical (unpaired) electrons. The Hall–Kier alpha value is -1.18. The molecule has 1 aromatic rings. The Labute approximate surface area is 139 Å². The minimum atomic E-state index is -1.62. The summed E-state index contributed by atoms with van der Waals surface area (Å²) in [5.41, 5.74) is 1.93. The average molecular weight is 318 g/mol. The van der Waals surface area contributed by atoms with E-state index in [4.69, 9.17) is 0 Å². The normalized spacial score (nSPS) is 31.6. The molecule has 23 heavy (non-hydrogen) atoms. The van der Waals surface area contributed by atoms with Crippen LogP contribution in [0.15, 0.2) is 30.3 Å². The van der Waals surface area contributed by atoms with E-state index in [9.17, 15) is 8.78 Å². The summed E-state index contributed by atoms with van der Waals surface area (Å²) in [7, 11) is 0. The molecule has 2 fully saturated rings. The summed E-state index contributed by atoms with van der Waals surface area (Å²) in [4.78, 5) is 0. The molecule has 2 aliphatic carbocycles. The van der Waals surface area contributed by atoms with E-state index < -0.39 is 6.08 Å². The smallest absolute Gasteiger partial charge is 0.173 e. The molecule has 0 spiro atoms. The fraction of sp³-hybridized carbons (Fsp3) is 0.619. The number of rotatable bonds is 3. The molecule has 0 saturated heterocycles. The van der Waals surface area contributed by atoms with Crippen molar-refractivity contribution in [3.63, 3.8) is 0 Å². The van der Waals surface area contributed by atoms with Crippen LogP contribution in [-0.4, -0.2) is 0 Å². The van der Waals surface area contributed by atoms with Crippen molar-refractivity contribution in [1.29, 1.82) is 0 Å². The SMILES string of the molecule is CC1CCC(C2CCC(c3ccc(C=C(F)F)cc3)CC2)CC1. The van der Waals surface area contributed by atoms with Gasteiger partial charge in [-0.3, -0.25) is 0 Å². The van der Waals surface area contributed by atoms with Crippen molar-refractivity contribution in [2.75, 3.05) is 0 Å². The van der Waals surface area contributed by atoms with Crippen LogP contribution in [0.2, 0.25) is 0 Å². The van der Waals surface area contributed by atoms with E-state index in [0.717, 1.165) is 23.8 Å². The standard InChI is InChI=1S/C21H28F2/c1-15-2-6-17(7-3-15)19-10-12-20(13-11-19)18-8-4-16(5-9-18)14-21(22)23/h4-5,8-9,14-15,17,19-20H,2-3,6-7,10-13H2,1H3. The van der Waals surface area contributed by atoms with Crippen molar-refractivity contribution < 1.29 is 8.78 Å². The summed E-state index contributed by atoms with van der Waals surface area (Å²) in [6, 6.07) is 7.73. The number of halogens is 2. The first kappa shape index (κ1) is 16.7. The van der Waals surface area contributed by atoms with Gasteiger partial charge in [-0.05, 0) is 73.3 Å². The van der Waals surface area contributed by atoms with Crippen LogP contribution in [0.5, 0.6) is 0 Å². The summed E-state index contributed by atoms with van der Waals surface area (Å²) in [5.74, 6) is 3.46. The number of benzene rings is 1. The van der Waals surface area contributed by atoms with Crippen molar-refractivity contribution in [1.82, 2.24) is 0 Å². The molecule has 2 heteroatoms. The summed E-state index contributed by atoms with van der Waals surface area (Å²) in [5, 5.41) is 0. The minimum absolute atomic E-state index is 0.596. The van der Waals surface area contributed by atoms with Gasteiger partial charge in [0.15, 0.2) is 0 Å². The van der Waals surface area contributed by atoms with Gasteiger partial charge in [0.05, 0.1) is 0 Å². The molecule has 0 N–H and O–H groups in total. The van der Waals surface area contributed by atoms with Crippen molar-refractivity contribution in [2.24, 2.45) is 17.8 Å². The molecule has 2 aliphatic rings. The van der Waals surface area contributed by atoms with Crippen LogP contribution in [0.3, 0.4) is 0 Å². The van der Waals surface area contributed by atoms with Gasteiger partial charge in [-0.15, -0.1) is 0 Å². The highest BCUT2D eigenvalue weighted by atomic mass is 19.3. The predicted octanol–water partition coefficient (Wildman–Crippen LogP) is 7.02. The summed E-state index contributed by atoms with van der Waals surface area (Å²) >= 11 is 0. The molecular weight excluding hydrogens is 290 g/mol. The number of hydrogen-bond donors (Lipinski definition) is 0. The van der Waals surface area contributed by atoms with Gasteiger partial charge in [0.2, 0.25) is 0 Å². The van der Waals surface area contributed by atoms with Gasteiger partial charge < -0.3 is 0 Å². The van der Waals surface area contributed by atoms with Crippen LogP contribution in [0.4, 0.5) is 8.78 Å². The second-order valence-corrected chi connectivity index (χ2v) is 7.73. The van der Waals surface area contributed by atoms with E-state index in [0.29, 0.717) is 11.5 Å². The molecule has 0 aliphatic heterocycles. The Balaban J connectivity index is 1.53. The lowest BCUT2D eigenvalue weighted by atomic mass is 9.68. The Bertz CT molecular complexity index is 511. The fourth-order valence-electron chi connectivity index (χ4n) is 4.67. The quantitative estimate of drug-likeness (QED) is 0.561. The van der Waals surface area contributed by atoms with Gasteiger partial charge in [-0.25, -0.2) is 0 Å². The third kappa shape index (κ3) is 4.43. The minimum Gasteiger partial charge on any atom is -0.173 e. The van der Waals surface area contributed by atoms with Gasteiger partial charge in [-0.1, -0.05) is 44.0 Å². The number of hydrogen-bond acceptors (Lipinski definition) is 0. The van der Waals surface area contributed by atoms with Crippen LogP contribution >= 0.6 is 0 Å². The lowest BCUT2D eigenvalue weighted by Gasteiger charge is -2.37. The first-order chi connectivity index (χ1) is 11.1. The van der Waals surface area contributed by atoms with E-state index in [1.54, 1.807) is 0 Å². The van der Waals surface area contributed by atoms with Gasteiger partial charge in [0.1, 0.15) is 0 Å². The Morgan fingerprint density at radius 1 is 0.826 bits per heavy atom. The highest BCUT2D eigenvalue weighted by Crippen LogP contribution is 2.43. The molecule has 0 atom stereocenters.